The number of nitrogens with zero attached hydrogens (tertiary/aromatic N) is 4. The monoisotopic (exact) mass is 465 g/mol. The highest BCUT2D eigenvalue weighted by atomic mass is 32.2. The number of hydrogen-bond acceptors (Lipinski definition) is 6. The van der Waals surface area contributed by atoms with Crippen molar-refractivity contribution in [2.75, 3.05) is 23.3 Å². The fraction of sp³-hybridized carbons (Fsp3) is 0.375. The van der Waals surface area contributed by atoms with Gasteiger partial charge in [0.2, 0.25) is 11.9 Å². The first-order chi connectivity index (χ1) is 15.7. The molecule has 1 aliphatic heterocycles. The maximum absolute atomic E-state index is 13.1. The summed E-state index contributed by atoms with van der Waals surface area (Å²) in [6.07, 6.45) is 4.74. The van der Waals surface area contributed by atoms with E-state index in [0.717, 1.165) is 52.5 Å². The molecule has 2 aliphatic rings. The zero-order valence-electron chi connectivity index (χ0n) is 18.1. The summed E-state index contributed by atoms with van der Waals surface area (Å²) >= 11 is 3.15. The molecule has 2 heterocycles. The van der Waals surface area contributed by atoms with E-state index in [9.17, 15) is 4.79 Å². The minimum atomic E-state index is -0.280. The van der Waals surface area contributed by atoms with Crippen molar-refractivity contribution in [2.45, 2.75) is 58.8 Å². The average Bonchev–Trinajstić information content (AvgIpc) is 3.33. The van der Waals surface area contributed by atoms with Crippen LogP contribution in [0.25, 0.3) is 0 Å². The van der Waals surface area contributed by atoms with Gasteiger partial charge < -0.3 is 10.2 Å². The van der Waals surface area contributed by atoms with Crippen LogP contribution in [0.1, 0.15) is 38.6 Å². The number of hydrogen-bond donors (Lipinski definition) is 1. The molecule has 1 saturated heterocycles. The summed E-state index contributed by atoms with van der Waals surface area (Å²) < 4.78 is 2.26. The molecule has 2 fully saturated rings. The highest BCUT2D eigenvalue weighted by Crippen LogP contribution is 2.42. The number of aromatic nitrogens is 3. The molecule has 5 rings (SSSR count). The first-order valence-corrected chi connectivity index (χ1v) is 12.9. The lowest BCUT2D eigenvalue weighted by molar-refractivity contribution is -0.115. The van der Waals surface area contributed by atoms with Crippen LogP contribution < -0.4 is 10.2 Å². The van der Waals surface area contributed by atoms with E-state index in [2.05, 4.69) is 37.1 Å². The van der Waals surface area contributed by atoms with E-state index in [0.29, 0.717) is 6.04 Å². The zero-order chi connectivity index (χ0) is 21.9. The Balaban J connectivity index is 1.28. The lowest BCUT2D eigenvalue weighted by Crippen LogP contribution is -2.24. The largest absolute Gasteiger partial charge is 0.341 e. The Morgan fingerprint density at radius 3 is 2.50 bits per heavy atom. The topological polar surface area (TPSA) is 63.1 Å². The maximum atomic E-state index is 13.1. The Kier molecular flexibility index (Phi) is 6.41. The van der Waals surface area contributed by atoms with E-state index >= 15 is 0 Å². The third-order valence-electron chi connectivity index (χ3n) is 5.71. The summed E-state index contributed by atoms with van der Waals surface area (Å²) in [7, 11) is 0. The van der Waals surface area contributed by atoms with Gasteiger partial charge in [0.15, 0.2) is 5.16 Å². The number of nitrogens with one attached hydrogen (secondary N) is 1. The van der Waals surface area contributed by atoms with E-state index in [1.807, 2.05) is 49.4 Å². The molecule has 0 spiro atoms. The molecule has 0 radical (unpaired) electrons. The molecular formula is C24H27N5OS2. The van der Waals surface area contributed by atoms with Crippen LogP contribution in [0.2, 0.25) is 0 Å². The van der Waals surface area contributed by atoms with Crippen molar-refractivity contribution in [1.29, 1.82) is 0 Å². The first-order valence-electron chi connectivity index (χ1n) is 11.2. The molecule has 166 valence electrons. The van der Waals surface area contributed by atoms with E-state index < -0.39 is 0 Å². The molecule has 8 heteroatoms. The molecule has 1 atom stereocenters. The average molecular weight is 466 g/mol. The molecular weight excluding hydrogens is 438 g/mol. The summed E-state index contributed by atoms with van der Waals surface area (Å²) in [5.41, 5.74) is 0.834. The summed E-state index contributed by atoms with van der Waals surface area (Å²) in [5.74, 6) is 0.953. The molecule has 1 unspecified atom stereocenters. The van der Waals surface area contributed by atoms with Crippen LogP contribution in [-0.4, -0.2) is 39.0 Å². The molecule has 6 nitrogen and oxygen atoms in total. The normalized spacial score (nSPS) is 16.8. The second-order valence-electron chi connectivity index (χ2n) is 8.24. The summed E-state index contributed by atoms with van der Waals surface area (Å²) in [5, 5.41) is 12.7. The van der Waals surface area contributed by atoms with Crippen molar-refractivity contribution in [3.63, 3.8) is 0 Å². The van der Waals surface area contributed by atoms with Crippen molar-refractivity contribution in [1.82, 2.24) is 14.8 Å². The standard InChI is InChI=1S/C24H27N5OS2/c1-17(31-24-27-26-23(28-15-7-8-16-28)29(24)18-13-14-18)22(30)25-20-11-5-6-12-21(20)32-19-9-3-2-4-10-19/h2-6,9-12,17-18H,7-8,13-16H2,1H3,(H,25,30). The molecule has 1 N–H and O–H groups in total. The number of thioether (sulfide) groups is 1. The van der Waals surface area contributed by atoms with Crippen LogP contribution >= 0.6 is 23.5 Å². The highest BCUT2D eigenvalue weighted by molar-refractivity contribution is 8.00. The van der Waals surface area contributed by atoms with Crippen molar-refractivity contribution in [3.05, 3.63) is 54.6 Å². The zero-order valence-corrected chi connectivity index (χ0v) is 19.7. The Morgan fingerprint density at radius 1 is 1.03 bits per heavy atom. The summed E-state index contributed by atoms with van der Waals surface area (Å²) in [6, 6.07) is 18.6. The number of benzene rings is 2. The van der Waals surface area contributed by atoms with Crippen LogP contribution in [0.3, 0.4) is 0 Å². The minimum absolute atomic E-state index is 0.0239. The maximum Gasteiger partial charge on any atom is 0.237 e. The van der Waals surface area contributed by atoms with Gasteiger partial charge in [0.05, 0.1) is 10.9 Å². The third kappa shape index (κ3) is 4.81. The molecule has 1 saturated carbocycles. The van der Waals surface area contributed by atoms with Gasteiger partial charge >= 0.3 is 0 Å². The smallest absolute Gasteiger partial charge is 0.237 e. The number of amides is 1. The predicted octanol–water partition coefficient (Wildman–Crippen LogP) is 5.48. The van der Waals surface area contributed by atoms with Gasteiger partial charge in [0, 0.05) is 28.9 Å². The van der Waals surface area contributed by atoms with Crippen molar-refractivity contribution in [2.24, 2.45) is 0 Å². The van der Waals surface area contributed by atoms with Crippen LogP contribution in [0.4, 0.5) is 11.6 Å². The second kappa shape index (κ2) is 9.58. The lowest BCUT2D eigenvalue weighted by atomic mass is 10.3. The summed E-state index contributed by atoms with van der Waals surface area (Å²) in [6.45, 7) is 4.03. The summed E-state index contributed by atoms with van der Waals surface area (Å²) in [4.78, 5) is 17.6. The van der Waals surface area contributed by atoms with Gasteiger partial charge in [-0.15, -0.1) is 10.2 Å². The van der Waals surface area contributed by atoms with Gasteiger partial charge in [-0.2, -0.15) is 0 Å². The van der Waals surface area contributed by atoms with E-state index in [-0.39, 0.29) is 11.2 Å². The van der Waals surface area contributed by atoms with Gasteiger partial charge in [-0.05, 0) is 56.9 Å². The number of para-hydroxylation sites is 1. The van der Waals surface area contributed by atoms with Crippen molar-refractivity contribution >= 4 is 41.1 Å². The van der Waals surface area contributed by atoms with Gasteiger partial charge in [-0.1, -0.05) is 53.9 Å². The molecule has 3 aromatic rings. The van der Waals surface area contributed by atoms with Crippen molar-refractivity contribution < 1.29 is 4.79 Å². The molecule has 0 bridgehead atoms. The van der Waals surface area contributed by atoms with Crippen LogP contribution in [0.15, 0.2) is 69.5 Å². The van der Waals surface area contributed by atoms with Crippen LogP contribution in [0, 0.1) is 0 Å². The van der Waals surface area contributed by atoms with Gasteiger partial charge in [0.1, 0.15) is 0 Å². The third-order valence-corrected chi connectivity index (χ3v) is 7.86. The molecule has 32 heavy (non-hydrogen) atoms. The van der Waals surface area contributed by atoms with Crippen molar-refractivity contribution in [3.8, 4) is 0 Å². The number of carbonyl (C=O) groups excluding carboxylic acids is 1. The van der Waals surface area contributed by atoms with Crippen LogP contribution in [-0.2, 0) is 4.79 Å². The SMILES string of the molecule is CC(Sc1nnc(N2CCCC2)n1C1CC1)C(=O)Nc1ccccc1Sc1ccccc1. The minimum Gasteiger partial charge on any atom is -0.341 e. The fourth-order valence-corrected chi connectivity index (χ4v) is 5.69. The number of carbonyl (C=O) groups is 1. The van der Waals surface area contributed by atoms with Crippen LogP contribution in [0.5, 0.6) is 0 Å². The Labute approximate surface area is 197 Å². The molecule has 1 aromatic heterocycles. The number of rotatable bonds is 8. The van der Waals surface area contributed by atoms with Gasteiger partial charge in [0.25, 0.3) is 0 Å². The number of anilines is 2. The highest BCUT2D eigenvalue weighted by Gasteiger charge is 2.33. The fourth-order valence-electron chi connectivity index (χ4n) is 3.86. The molecule has 1 amide bonds. The Hall–Kier alpha value is -2.45. The van der Waals surface area contributed by atoms with Gasteiger partial charge in [-0.25, -0.2) is 0 Å². The first kappa shape index (κ1) is 21.4. The van der Waals surface area contributed by atoms with Gasteiger partial charge in [-0.3, -0.25) is 9.36 Å². The molecule has 1 aliphatic carbocycles. The van der Waals surface area contributed by atoms with E-state index in [1.54, 1.807) is 11.8 Å². The quantitative estimate of drug-likeness (QED) is 0.444. The predicted molar refractivity (Wildman–Crippen MR) is 131 cm³/mol. The van der Waals surface area contributed by atoms with E-state index in [4.69, 9.17) is 0 Å². The lowest BCUT2D eigenvalue weighted by Gasteiger charge is -2.19. The molecule has 2 aromatic carbocycles. The van der Waals surface area contributed by atoms with E-state index in [1.165, 1.54) is 24.6 Å². The Bertz CT molecular complexity index is 1080. The second-order valence-corrected chi connectivity index (χ2v) is 10.7. The Morgan fingerprint density at radius 2 is 1.75 bits per heavy atom.